The van der Waals surface area contributed by atoms with Crippen LogP contribution in [0.25, 0.3) is 113 Å². The molecule has 1 aliphatic rings. The van der Waals surface area contributed by atoms with Crippen molar-refractivity contribution in [3.63, 3.8) is 0 Å². The van der Waals surface area contributed by atoms with Gasteiger partial charge >= 0.3 is 0 Å². The second kappa shape index (κ2) is 11.5. The summed E-state index contributed by atoms with van der Waals surface area (Å²) in [6, 6.07) is 61.3. The first-order valence-electron chi connectivity index (χ1n) is 18.2. The van der Waals surface area contributed by atoms with Gasteiger partial charge in [-0.05, 0) is 127 Å². The van der Waals surface area contributed by atoms with E-state index in [1.807, 2.05) is 18.3 Å². The van der Waals surface area contributed by atoms with Gasteiger partial charge in [-0.3, -0.25) is 0 Å². The smallest absolute Gasteiger partial charge is 0.0547 e. The third-order valence-corrected chi connectivity index (χ3v) is 12.2. The third-order valence-electron chi connectivity index (χ3n) is 11.1. The maximum Gasteiger partial charge on any atom is 0.0547 e. The molecule has 9 aromatic carbocycles. The number of aromatic nitrogens is 1. The lowest BCUT2D eigenvalue weighted by molar-refractivity contribution is 1.19. The number of para-hydroxylation sites is 1. The Morgan fingerprint density at radius 1 is 0.434 bits per heavy atom. The number of hydrogen-bond donors (Lipinski definition) is 0. The van der Waals surface area contributed by atoms with Crippen LogP contribution < -0.4 is 0 Å². The molecule has 0 saturated carbocycles. The van der Waals surface area contributed by atoms with Gasteiger partial charge in [-0.2, -0.15) is 0 Å². The lowest BCUT2D eigenvalue weighted by Gasteiger charge is -2.12. The molecule has 248 valence electrons. The predicted octanol–water partition coefficient (Wildman–Crippen LogP) is 15.1. The zero-order valence-electron chi connectivity index (χ0n) is 29.2. The van der Waals surface area contributed by atoms with E-state index in [-0.39, 0.29) is 0 Å². The largest absolute Gasteiger partial charge is 0.309 e. The van der Waals surface area contributed by atoms with Crippen LogP contribution in [0, 0.1) is 0 Å². The van der Waals surface area contributed by atoms with E-state index in [1.165, 1.54) is 113 Å². The van der Waals surface area contributed by atoms with Gasteiger partial charge < -0.3 is 4.57 Å². The highest BCUT2D eigenvalue weighted by Gasteiger charge is 2.22. The summed E-state index contributed by atoms with van der Waals surface area (Å²) in [5, 5.41) is 13.0. The lowest BCUT2D eigenvalue weighted by atomic mass is 9.93. The Labute approximate surface area is 311 Å². The molecule has 0 amide bonds. The Morgan fingerprint density at radius 2 is 1.08 bits per heavy atom. The molecule has 0 bridgehead atoms. The molecule has 53 heavy (non-hydrogen) atoms. The predicted molar refractivity (Wildman–Crippen MR) is 232 cm³/mol. The standard InChI is InChI=1S/C48H27NS.C3H6/c1-2-9-36-35(8-1)40-13-7-12-39-34(20-21-41(36)48(39)40)30-17-16-29-23-33(19-18-28(29)22-30)49-44-14-5-3-10-37(44)42-24-32-27-47-43(25-31(32)26-45(42)49)38-11-4-6-15-46(38)50-47;1-3-2/h1-27H;3H,1H2,2H3. The summed E-state index contributed by atoms with van der Waals surface area (Å²) in [5.41, 5.74) is 11.5. The van der Waals surface area contributed by atoms with Gasteiger partial charge in [0.1, 0.15) is 0 Å². The summed E-state index contributed by atoms with van der Waals surface area (Å²) < 4.78 is 5.14. The summed E-state index contributed by atoms with van der Waals surface area (Å²) in [6.07, 6.45) is 1.75. The van der Waals surface area contributed by atoms with Crippen molar-refractivity contribution in [2.24, 2.45) is 0 Å². The Kier molecular flexibility index (Phi) is 6.56. The molecule has 1 nitrogen and oxygen atoms in total. The maximum atomic E-state index is 3.36. The normalized spacial score (nSPS) is 11.9. The highest BCUT2D eigenvalue weighted by atomic mass is 32.1. The first-order chi connectivity index (χ1) is 26.2. The Morgan fingerprint density at radius 3 is 1.94 bits per heavy atom. The fourth-order valence-electron chi connectivity index (χ4n) is 8.81. The molecule has 0 aliphatic heterocycles. The van der Waals surface area contributed by atoms with E-state index in [9.17, 15) is 0 Å². The summed E-state index contributed by atoms with van der Waals surface area (Å²) in [7, 11) is 0. The van der Waals surface area contributed by atoms with Crippen molar-refractivity contribution >= 4 is 85.6 Å². The number of thiophene rings is 1. The van der Waals surface area contributed by atoms with Gasteiger partial charge in [0, 0.05) is 36.6 Å². The fraction of sp³-hybridized carbons (Fsp3) is 0.0196. The lowest BCUT2D eigenvalue weighted by Crippen LogP contribution is -1.94. The molecule has 12 rings (SSSR count). The van der Waals surface area contributed by atoms with Crippen LogP contribution in [0.2, 0.25) is 0 Å². The number of allylic oxidation sites excluding steroid dienone is 1. The number of rotatable bonds is 2. The molecule has 0 radical (unpaired) electrons. The van der Waals surface area contributed by atoms with Crippen LogP contribution in [0.5, 0.6) is 0 Å². The first kappa shape index (κ1) is 30.2. The van der Waals surface area contributed by atoms with Gasteiger partial charge in [0.25, 0.3) is 0 Å². The Bertz CT molecular complexity index is 3290. The van der Waals surface area contributed by atoms with Crippen LogP contribution in [-0.2, 0) is 0 Å². The molecular formula is C51H33NS. The van der Waals surface area contributed by atoms with E-state index in [1.54, 1.807) is 6.08 Å². The zero-order chi connectivity index (χ0) is 35.2. The van der Waals surface area contributed by atoms with Crippen LogP contribution in [-0.4, -0.2) is 4.57 Å². The molecule has 0 N–H and O–H groups in total. The van der Waals surface area contributed by atoms with Gasteiger partial charge in [0.2, 0.25) is 0 Å². The van der Waals surface area contributed by atoms with Gasteiger partial charge in [-0.15, -0.1) is 17.9 Å². The van der Waals surface area contributed by atoms with Crippen molar-refractivity contribution in [3.8, 4) is 39.1 Å². The number of nitrogens with zero attached hydrogens (tertiary/aromatic N) is 1. The molecule has 2 heteroatoms. The minimum atomic E-state index is 1.18. The molecule has 0 spiro atoms. The van der Waals surface area contributed by atoms with Gasteiger partial charge in [-0.1, -0.05) is 115 Å². The van der Waals surface area contributed by atoms with E-state index in [4.69, 9.17) is 0 Å². The van der Waals surface area contributed by atoms with E-state index < -0.39 is 0 Å². The van der Waals surface area contributed by atoms with E-state index in [0.717, 1.165) is 0 Å². The minimum absolute atomic E-state index is 1.18. The Hall–Kier alpha value is -6.48. The minimum Gasteiger partial charge on any atom is -0.309 e. The van der Waals surface area contributed by atoms with Crippen molar-refractivity contribution in [2.45, 2.75) is 6.92 Å². The highest BCUT2D eigenvalue weighted by Crippen LogP contribution is 2.49. The van der Waals surface area contributed by atoms with Crippen molar-refractivity contribution < 1.29 is 0 Å². The van der Waals surface area contributed by atoms with Crippen LogP contribution in [0.3, 0.4) is 0 Å². The van der Waals surface area contributed by atoms with Crippen LogP contribution in [0.15, 0.2) is 176 Å². The molecule has 0 saturated heterocycles. The molecule has 2 aromatic heterocycles. The van der Waals surface area contributed by atoms with Gasteiger partial charge in [-0.25, -0.2) is 0 Å². The van der Waals surface area contributed by atoms with Gasteiger partial charge in [0.05, 0.1) is 11.0 Å². The molecule has 0 atom stereocenters. The summed E-state index contributed by atoms with van der Waals surface area (Å²) in [5.74, 6) is 0. The van der Waals surface area contributed by atoms with Crippen molar-refractivity contribution in [1.82, 2.24) is 4.57 Å². The Balaban J connectivity index is 0.00000107. The number of hydrogen-bond acceptors (Lipinski definition) is 1. The average molecular weight is 692 g/mol. The summed E-state index contributed by atoms with van der Waals surface area (Å²) in [6.45, 7) is 5.25. The summed E-state index contributed by atoms with van der Waals surface area (Å²) >= 11 is 1.88. The highest BCUT2D eigenvalue weighted by molar-refractivity contribution is 7.25. The topological polar surface area (TPSA) is 4.93 Å². The molecule has 1 aliphatic carbocycles. The van der Waals surface area contributed by atoms with E-state index >= 15 is 0 Å². The molecular weight excluding hydrogens is 659 g/mol. The van der Waals surface area contributed by atoms with Crippen molar-refractivity contribution in [2.75, 3.05) is 0 Å². The van der Waals surface area contributed by atoms with E-state index in [0.29, 0.717) is 0 Å². The zero-order valence-corrected chi connectivity index (χ0v) is 30.0. The number of benzene rings is 9. The van der Waals surface area contributed by atoms with Crippen LogP contribution in [0.1, 0.15) is 6.92 Å². The second-order valence-electron chi connectivity index (χ2n) is 14.1. The second-order valence-corrected chi connectivity index (χ2v) is 15.2. The monoisotopic (exact) mass is 691 g/mol. The quantitative estimate of drug-likeness (QED) is 0.159. The average Bonchev–Trinajstić information content (AvgIpc) is 3.84. The van der Waals surface area contributed by atoms with Crippen molar-refractivity contribution in [1.29, 1.82) is 0 Å². The molecule has 0 unspecified atom stereocenters. The molecule has 0 fully saturated rings. The first-order valence-corrected chi connectivity index (χ1v) is 19.1. The molecule has 2 heterocycles. The van der Waals surface area contributed by atoms with Crippen LogP contribution >= 0.6 is 11.3 Å². The SMILES string of the molecule is C=CC.c1ccc2c(c1)-c1cccc3c(-c4ccc5cc(-n6c7ccccc7c7cc8cc9sc%10ccccc%10c9cc8cc76)ccc5c4)ccc-2c13. The fourth-order valence-corrected chi connectivity index (χ4v) is 9.95. The molecule has 11 aromatic rings. The van der Waals surface area contributed by atoms with Gasteiger partial charge in [0.15, 0.2) is 0 Å². The van der Waals surface area contributed by atoms with Crippen molar-refractivity contribution in [3.05, 3.63) is 176 Å². The van der Waals surface area contributed by atoms with Crippen LogP contribution in [0.4, 0.5) is 0 Å². The number of fused-ring (bicyclic) bond motifs is 11. The maximum absolute atomic E-state index is 3.36. The van der Waals surface area contributed by atoms with E-state index in [2.05, 4.69) is 175 Å². The third kappa shape index (κ3) is 4.43. The summed E-state index contributed by atoms with van der Waals surface area (Å²) in [4.78, 5) is 0.